The molecule has 0 aliphatic rings. The van der Waals surface area contributed by atoms with E-state index in [-0.39, 0.29) is 5.56 Å². The summed E-state index contributed by atoms with van der Waals surface area (Å²) < 4.78 is 13.9. The number of aromatic nitrogens is 1. The maximum Gasteiger partial charge on any atom is 0.258 e. The molecule has 122 valence electrons. The van der Waals surface area contributed by atoms with Crippen molar-refractivity contribution < 1.29 is 9.18 Å². The van der Waals surface area contributed by atoms with E-state index in [2.05, 4.69) is 26.2 Å². The molecular weight excluding hydrogens is 411 g/mol. The van der Waals surface area contributed by atoms with Gasteiger partial charge in [0.05, 0.1) is 11.3 Å². The predicted molar refractivity (Wildman–Crippen MR) is 101 cm³/mol. The van der Waals surface area contributed by atoms with Crippen LogP contribution in [0.4, 0.5) is 9.52 Å². The third-order valence-corrected chi connectivity index (χ3v) is 5.48. The lowest BCUT2D eigenvalue weighted by Crippen LogP contribution is -2.12. The molecule has 0 radical (unpaired) electrons. The molecule has 0 fully saturated rings. The van der Waals surface area contributed by atoms with Gasteiger partial charge in [-0.05, 0) is 52.5 Å². The SMILES string of the molecule is CSc1ccc(-c2csc(NC(=O)c3cc(F)ccc3Br)n2)cc1. The molecule has 3 aromatic rings. The summed E-state index contributed by atoms with van der Waals surface area (Å²) in [6, 6.07) is 12.0. The highest BCUT2D eigenvalue weighted by molar-refractivity contribution is 9.10. The fourth-order valence-corrected chi connectivity index (χ4v) is 3.61. The Labute approximate surface area is 155 Å². The van der Waals surface area contributed by atoms with E-state index in [0.717, 1.165) is 11.3 Å². The topological polar surface area (TPSA) is 42.0 Å². The van der Waals surface area contributed by atoms with Gasteiger partial charge in [0.2, 0.25) is 0 Å². The lowest BCUT2D eigenvalue weighted by molar-refractivity contribution is 0.102. The average molecular weight is 423 g/mol. The van der Waals surface area contributed by atoms with Crippen molar-refractivity contribution in [2.45, 2.75) is 4.90 Å². The van der Waals surface area contributed by atoms with Crippen molar-refractivity contribution in [1.29, 1.82) is 0 Å². The molecule has 0 bridgehead atoms. The van der Waals surface area contributed by atoms with Gasteiger partial charge in [-0.15, -0.1) is 23.1 Å². The Morgan fingerprint density at radius 2 is 2.00 bits per heavy atom. The Morgan fingerprint density at radius 1 is 1.25 bits per heavy atom. The molecule has 0 saturated heterocycles. The molecule has 0 unspecified atom stereocenters. The van der Waals surface area contributed by atoms with Gasteiger partial charge in [0, 0.05) is 20.3 Å². The van der Waals surface area contributed by atoms with Gasteiger partial charge in [0.15, 0.2) is 5.13 Å². The molecule has 3 nitrogen and oxygen atoms in total. The van der Waals surface area contributed by atoms with Crippen LogP contribution < -0.4 is 5.32 Å². The molecule has 0 atom stereocenters. The number of carbonyl (C=O) groups excluding carboxylic acids is 1. The Bertz CT molecular complexity index is 881. The third kappa shape index (κ3) is 3.85. The van der Waals surface area contributed by atoms with Crippen molar-refractivity contribution in [2.24, 2.45) is 0 Å². The zero-order chi connectivity index (χ0) is 17.1. The molecule has 1 amide bonds. The summed E-state index contributed by atoms with van der Waals surface area (Å²) in [5, 5.41) is 5.06. The first-order chi connectivity index (χ1) is 11.6. The summed E-state index contributed by atoms with van der Waals surface area (Å²) in [6.07, 6.45) is 2.02. The Balaban J connectivity index is 1.78. The maximum atomic E-state index is 13.3. The van der Waals surface area contributed by atoms with E-state index < -0.39 is 11.7 Å². The van der Waals surface area contributed by atoms with Gasteiger partial charge in [-0.1, -0.05) is 12.1 Å². The van der Waals surface area contributed by atoms with Gasteiger partial charge in [0.25, 0.3) is 5.91 Å². The number of rotatable bonds is 4. The molecule has 7 heteroatoms. The minimum absolute atomic E-state index is 0.232. The van der Waals surface area contributed by atoms with Gasteiger partial charge < -0.3 is 0 Å². The fraction of sp³-hybridized carbons (Fsp3) is 0.0588. The summed E-state index contributed by atoms with van der Waals surface area (Å²) in [7, 11) is 0. The average Bonchev–Trinajstić information content (AvgIpc) is 3.05. The third-order valence-electron chi connectivity index (χ3n) is 3.28. The van der Waals surface area contributed by atoms with Crippen LogP contribution in [0.5, 0.6) is 0 Å². The Morgan fingerprint density at radius 3 is 2.71 bits per heavy atom. The fourth-order valence-electron chi connectivity index (χ4n) is 2.06. The van der Waals surface area contributed by atoms with Crippen LogP contribution in [0, 0.1) is 5.82 Å². The van der Waals surface area contributed by atoms with E-state index in [9.17, 15) is 9.18 Å². The van der Waals surface area contributed by atoms with Crippen molar-refractivity contribution in [3.63, 3.8) is 0 Å². The molecule has 0 aliphatic heterocycles. The summed E-state index contributed by atoms with van der Waals surface area (Å²) in [6.45, 7) is 0. The first kappa shape index (κ1) is 17.1. The molecular formula is C17H12BrFN2OS2. The van der Waals surface area contributed by atoms with E-state index in [1.54, 1.807) is 11.8 Å². The van der Waals surface area contributed by atoms with Crippen LogP contribution in [0.1, 0.15) is 10.4 Å². The minimum atomic E-state index is -0.461. The monoisotopic (exact) mass is 422 g/mol. The highest BCUT2D eigenvalue weighted by Crippen LogP contribution is 2.27. The van der Waals surface area contributed by atoms with Crippen LogP contribution in [0.2, 0.25) is 0 Å². The number of halogens is 2. The molecule has 0 aliphatic carbocycles. The van der Waals surface area contributed by atoms with Crippen LogP contribution >= 0.6 is 39.0 Å². The molecule has 0 saturated carbocycles. The lowest BCUT2D eigenvalue weighted by Gasteiger charge is -2.04. The van der Waals surface area contributed by atoms with E-state index in [1.165, 1.54) is 34.4 Å². The summed E-state index contributed by atoms with van der Waals surface area (Å²) >= 11 is 6.26. The van der Waals surface area contributed by atoms with Crippen LogP contribution in [0.15, 0.2) is 57.2 Å². The molecule has 24 heavy (non-hydrogen) atoms. The number of thiazole rings is 1. The standard InChI is InChI=1S/C17H12BrFN2OS2/c1-23-12-5-2-10(3-6-12)15-9-24-17(20-15)21-16(22)13-8-11(19)4-7-14(13)18/h2-9H,1H3,(H,20,21,22). The van der Waals surface area contributed by atoms with Crippen LogP contribution in [-0.4, -0.2) is 17.1 Å². The second kappa shape index (κ2) is 7.46. The number of nitrogens with zero attached hydrogens (tertiary/aromatic N) is 1. The van der Waals surface area contributed by atoms with Crippen LogP contribution in [0.3, 0.4) is 0 Å². The summed E-state index contributed by atoms with van der Waals surface area (Å²) in [4.78, 5) is 17.9. The highest BCUT2D eigenvalue weighted by atomic mass is 79.9. The second-order valence-electron chi connectivity index (χ2n) is 4.84. The zero-order valence-corrected chi connectivity index (χ0v) is 15.8. The number of hydrogen-bond acceptors (Lipinski definition) is 4. The van der Waals surface area contributed by atoms with Crippen molar-refractivity contribution in [3.05, 3.63) is 63.7 Å². The molecule has 0 spiro atoms. The van der Waals surface area contributed by atoms with Gasteiger partial charge in [-0.25, -0.2) is 9.37 Å². The lowest BCUT2D eigenvalue weighted by atomic mass is 10.2. The Hall–Kier alpha value is -1.70. The molecule has 1 N–H and O–H groups in total. The summed E-state index contributed by atoms with van der Waals surface area (Å²) in [5.74, 6) is -0.864. The molecule has 1 heterocycles. The number of hydrogen-bond donors (Lipinski definition) is 1. The Kier molecular flexibility index (Phi) is 5.33. The zero-order valence-electron chi connectivity index (χ0n) is 12.5. The number of anilines is 1. The first-order valence-electron chi connectivity index (χ1n) is 6.93. The quantitative estimate of drug-likeness (QED) is 0.549. The van der Waals surface area contributed by atoms with Crippen molar-refractivity contribution >= 4 is 50.1 Å². The molecule has 3 rings (SSSR count). The van der Waals surface area contributed by atoms with Crippen LogP contribution in [-0.2, 0) is 0 Å². The van der Waals surface area contributed by atoms with Crippen molar-refractivity contribution in [3.8, 4) is 11.3 Å². The second-order valence-corrected chi connectivity index (χ2v) is 7.44. The first-order valence-corrected chi connectivity index (χ1v) is 9.83. The van der Waals surface area contributed by atoms with E-state index in [1.807, 2.05) is 35.9 Å². The normalized spacial score (nSPS) is 10.6. The van der Waals surface area contributed by atoms with Gasteiger partial charge in [-0.2, -0.15) is 0 Å². The number of amides is 1. The van der Waals surface area contributed by atoms with Gasteiger partial charge in [0.1, 0.15) is 5.82 Å². The number of carbonyl (C=O) groups is 1. The van der Waals surface area contributed by atoms with E-state index in [0.29, 0.717) is 9.60 Å². The van der Waals surface area contributed by atoms with E-state index in [4.69, 9.17) is 0 Å². The molecule has 1 aromatic heterocycles. The summed E-state index contributed by atoms with van der Waals surface area (Å²) in [5.41, 5.74) is 2.01. The predicted octanol–water partition coefficient (Wildman–Crippen LogP) is 5.69. The van der Waals surface area contributed by atoms with Gasteiger partial charge in [-0.3, -0.25) is 10.1 Å². The van der Waals surface area contributed by atoms with Gasteiger partial charge >= 0.3 is 0 Å². The van der Waals surface area contributed by atoms with Crippen molar-refractivity contribution in [2.75, 3.05) is 11.6 Å². The smallest absolute Gasteiger partial charge is 0.258 e. The number of nitrogens with one attached hydrogen (secondary N) is 1. The molecule has 2 aromatic carbocycles. The maximum absolute atomic E-state index is 13.3. The minimum Gasteiger partial charge on any atom is -0.298 e. The largest absolute Gasteiger partial charge is 0.298 e. The number of thioether (sulfide) groups is 1. The highest BCUT2D eigenvalue weighted by Gasteiger charge is 2.13. The van der Waals surface area contributed by atoms with E-state index >= 15 is 0 Å². The number of benzene rings is 2. The van der Waals surface area contributed by atoms with Crippen molar-refractivity contribution in [1.82, 2.24) is 4.98 Å². The van der Waals surface area contributed by atoms with Crippen LogP contribution in [0.25, 0.3) is 11.3 Å².